The van der Waals surface area contributed by atoms with Crippen molar-refractivity contribution in [2.45, 2.75) is 33.1 Å². The molecule has 2 heterocycles. The Labute approximate surface area is 257 Å². The normalized spacial score (nSPS) is 11.1. The van der Waals surface area contributed by atoms with Crippen LogP contribution in [0.2, 0.25) is 0 Å². The van der Waals surface area contributed by atoms with Gasteiger partial charge in [0.2, 0.25) is 0 Å². The highest BCUT2D eigenvalue weighted by Crippen LogP contribution is 2.37. The van der Waals surface area contributed by atoms with E-state index in [0.717, 1.165) is 6.42 Å². The lowest BCUT2D eigenvalue weighted by atomic mass is 9.85. The van der Waals surface area contributed by atoms with Crippen molar-refractivity contribution in [3.63, 3.8) is 0 Å². The number of carbonyl (C=O) groups is 2. The third kappa shape index (κ3) is 5.77. The number of H-pyrrole nitrogens is 2. The fourth-order valence-electron chi connectivity index (χ4n) is 5.39. The molecule has 0 aliphatic heterocycles. The van der Waals surface area contributed by atoms with E-state index in [9.17, 15) is 29.4 Å². The molecule has 0 amide bonds. The van der Waals surface area contributed by atoms with Gasteiger partial charge in [0.15, 0.2) is 11.5 Å². The van der Waals surface area contributed by atoms with E-state index in [1.807, 2.05) is 6.92 Å². The average molecular weight is 613 g/mol. The third-order valence-corrected chi connectivity index (χ3v) is 7.50. The molecule has 0 saturated carbocycles. The molecule has 2 aromatic heterocycles. The van der Waals surface area contributed by atoms with Gasteiger partial charge in [-0.15, -0.1) is 0 Å². The molecule has 45 heavy (non-hydrogen) atoms. The van der Waals surface area contributed by atoms with E-state index in [1.165, 1.54) is 40.7 Å². The molecule has 0 spiro atoms. The van der Waals surface area contributed by atoms with Crippen LogP contribution in [-0.2, 0) is 0 Å². The number of aromatic nitrogens is 4. The number of aromatic carboxylic acids is 2. The van der Waals surface area contributed by atoms with Crippen LogP contribution in [0.15, 0.2) is 76.3 Å². The number of nitrogens with zero attached hydrogens (tertiary/aromatic N) is 2. The number of nitrogens with one attached hydrogen (secondary N) is 2. The zero-order chi connectivity index (χ0) is 32.4. The average Bonchev–Trinajstić information content (AvgIpc) is 3.50. The van der Waals surface area contributed by atoms with E-state index in [4.69, 9.17) is 9.47 Å². The van der Waals surface area contributed by atoms with Crippen molar-refractivity contribution in [2.24, 2.45) is 0 Å². The second-order valence-electron chi connectivity index (χ2n) is 10.5. The standard InChI is InChI=1S/C33H32N4O8/c1-5-14-45-25-13-12-20(17-26(25)44-4)29(27-18(2)34-36(30(27)38)23-10-6-8-21(15-23)32(40)41)28-19(3)35-37(31(28)39)24-11-7-9-22(16-24)33(42)43/h6-13,15-17,29,34-35H,5,14H2,1-4H3,(H,40,41)(H,42,43). The molecular weight excluding hydrogens is 580 g/mol. The van der Waals surface area contributed by atoms with Gasteiger partial charge >= 0.3 is 11.9 Å². The smallest absolute Gasteiger partial charge is 0.335 e. The summed E-state index contributed by atoms with van der Waals surface area (Å²) in [4.78, 5) is 51.6. The molecule has 12 nitrogen and oxygen atoms in total. The van der Waals surface area contributed by atoms with Gasteiger partial charge in [-0.25, -0.2) is 19.0 Å². The first kappa shape index (κ1) is 30.7. The Morgan fingerprint density at radius 1 is 0.778 bits per heavy atom. The van der Waals surface area contributed by atoms with E-state index in [-0.39, 0.29) is 22.3 Å². The van der Waals surface area contributed by atoms with Crippen molar-refractivity contribution in [2.75, 3.05) is 13.7 Å². The van der Waals surface area contributed by atoms with Crippen molar-refractivity contribution in [3.05, 3.63) is 127 Å². The molecule has 12 heteroatoms. The van der Waals surface area contributed by atoms with Gasteiger partial charge < -0.3 is 19.7 Å². The van der Waals surface area contributed by atoms with E-state index >= 15 is 0 Å². The first-order valence-electron chi connectivity index (χ1n) is 14.2. The van der Waals surface area contributed by atoms with Crippen LogP contribution in [0.3, 0.4) is 0 Å². The monoisotopic (exact) mass is 612 g/mol. The topological polar surface area (TPSA) is 169 Å². The number of benzene rings is 3. The lowest BCUT2D eigenvalue weighted by molar-refractivity contribution is 0.0686. The van der Waals surface area contributed by atoms with E-state index in [0.29, 0.717) is 46.4 Å². The largest absolute Gasteiger partial charge is 0.493 e. The van der Waals surface area contributed by atoms with Gasteiger partial charge in [-0.1, -0.05) is 25.1 Å². The number of carboxylic acids is 2. The molecule has 0 radical (unpaired) electrons. The summed E-state index contributed by atoms with van der Waals surface area (Å²) < 4.78 is 14.0. The Morgan fingerprint density at radius 3 is 1.73 bits per heavy atom. The highest BCUT2D eigenvalue weighted by Gasteiger charge is 2.32. The number of carboxylic acid groups (broad SMARTS) is 2. The highest BCUT2D eigenvalue weighted by atomic mass is 16.5. The maximum absolute atomic E-state index is 14.2. The van der Waals surface area contributed by atoms with Crippen molar-refractivity contribution in [1.29, 1.82) is 0 Å². The number of aryl methyl sites for hydroxylation is 2. The van der Waals surface area contributed by atoms with Gasteiger partial charge in [0, 0.05) is 17.3 Å². The van der Waals surface area contributed by atoms with Crippen LogP contribution >= 0.6 is 0 Å². The summed E-state index contributed by atoms with van der Waals surface area (Å²) in [5, 5.41) is 25.1. The molecular formula is C33H32N4O8. The van der Waals surface area contributed by atoms with Gasteiger partial charge in [0.25, 0.3) is 11.1 Å². The summed E-state index contributed by atoms with van der Waals surface area (Å²) in [7, 11) is 1.50. The molecule has 0 aliphatic carbocycles. The molecule has 5 rings (SSSR count). The van der Waals surface area contributed by atoms with Crippen LogP contribution in [-0.4, -0.2) is 55.4 Å². The van der Waals surface area contributed by atoms with Gasteiger partial charge in [-0.05, 0) is 74.4 Å². The zero-order valence-electron chi connectivity index (χ0n) is 25.1. The number of methoxy groups -OCH3 is 1. The molecule has 3 aromatic carbocycles. The van der Waals surface area contributed by atoms with E-state index in [2.05, 4.69) is 10.2 Å². The van der Waals surface area contributed by atoms with Gasteiger partial charge in [0.1, 0.15) is 0 Å². The number of aromatic amines is 2. The second kappa shape index (κ2) is 12.4. The first-order valence-corrected chi connectivity index (χ1v) is 14.2. The fourth-order valence-corrected chi connectivity index (χ4v) is 5.39. The molecule has 0 aliphatic rings. The summed E-state index contributed by atoms with van der Waals surface area (Å²) in [6.07, 6.45) is 0.782. The van der Waals surface area contributed by atoms with Gasteiger partial charge in [-0.3, -0.25) is 19.8 Å². The van der Waals surface area contributed by atoms with Crippen LogP contribution in [0, 0.1) is 13.8 Å². The zero-order valence-corrected chi connectivity index (χ0v) is 25.1. The quantitative estimate of drug-likeness (QED) is 0.167. The van der Waals surface area contributed by atoms with Crippen LogP contribution < -0.4 is 20.6 Å². The number of ether oxygens (including phenoxy) is 2. The molecule has 0 fully saturated rings. The summed E-state index contributed by atoms with van der Waals surface area (Å²) in [6, 6.07) is 17.1. The van der Waals surface area contributed by atoms with E-state index in [1.54, 1.807) is 56.3 Å². The fraction of sp³-hybridized carbons (Fsp3) is 0.212. The first-order chi connectivity index (χ1) is 21.5. The summed E-state index contributed by atoms with van der Waals surface area (Å²) >= 11 is 0. The Kier molecular flexibility index (Phi) is 8.48. The number of hydrogen-bond donors (Lipinski definition) is 4. The maximum atomic E-state index is 14.2. The Morgan fingerprint density at radius 2 is 1.29 bits per heavy atom. The van der Waals surface area contributed by atoms with Crippen molar-refractivity contribution >= 4 is 11.9 Å². The predicted octanol–water partition coefficient (Wildman–Crippen LogP) is 4.64. The molecule has 0 atom stereocenters. The second-order valence-corrected chi connectivity index (χ2v) is 10.5. The molecule has 0 bridgehead atoms. The summed E-state index contributed by atoms with van der Waals surface area (Å²) in [5.41, 5.74) is 1.64. The number of hydrogen-bond acceptors (Lipinski definition) is 6. The number of rotatable bonds is 11. The molecule has 5 aromatic rings. The van der Waals surface area contributed by atoms with Crippen molar-refractivity contribution < 1.29 is 29.3 Å². The van der Waals surface area contributed by atoms with Crippen LogP contribution in [0.4, 0.5) is 0 Å². The molecule has 0 unspecified atom stereocenters. The maximum Gasteiger partial charge on any atom is 0.335 e. The Bertz CT molecular complexity index is 1920. The van der Waals surface area contributed by atoms with Crippen molar-refractivity contribution in [3.8, 4) is 22.9 Å². The minimum absolute atomic E-state index is 0.00474. The molecule has 4 N–H and O–H groups in total. The SMILES string of the molecule is CCCOc1ccc(C(c2c(C)[nH]n(-c3cccc(C(=O)O)c3)c2=O)c2c(C)[nH]n(-c3cccc(C(=O)O)c3)c2=O)cc1OC. The molecule has 232 valence electrons. The Balaban J connectivity index is 1.76. The minimum atomic E-state index is -1.14. The minimum Gasteiger partial charge on any atom is -0.493 e. The van der Waals surface area contributed by atoms with Gasteiger partial charge in [0.05, 0.1) is 47.3 Å². The van der Waals surface area contributed by atoms with Crippen LogP contribution in [0.1, 0.15) is 68.1 Å². The summed E-state index contributed by atoms with van der Waals surface area (Å²) in [6.45, 7) is 5.85. The van der Waals surface area contributed by atoms with E-state index < -0.39 is 29.0 Å². The van der Waals surface area contributed by atoms with Crippen LogP contribution in [0.25, 0.3) is 11.4 Å². The van der Waals surface area contributed by atoms with Crippen LogP contribution in [0.5, 0.6) is 11.5 Å². The summed E-state index contributed by atoms with van der Waals surface area (Å²) in [5.74, 6) is -2.28. The van der Waals surface area contributed by atoms with Gasteiger partial charge in [-0.2, -0.15) is 0 Å². The lowest BCUT2D eigenvalue weighted by Crippen LogP contribution is -2.25. The predicted molar refractivity (Wildman–Crippen MR) is 166 cm³/mol. The highest BCUT2D eigenvalue weighted by molar-refractivity contribution is 5.88. The molecule has 0 saturated heterocycles. The lowest BCUT2D eigenvalue weighted by Gasteiger charge is -2.18. The third-order valence-electron chi connectivity index (χ3n) is 7.50. The van der Waals surface area contributed by atoms with Crippen molar-refractivity contribution in [1.82, 2.24) is 19.6 Å². The Hall–Kier alpha value is -5.78.